The highest BCUT2D eigenvalue weighted by Gasteiger charge is 2.59. The highest BCUT2D eigenvalue weighted by atomic mass is 35.5. The van der Waals surface area contributed by atoms with Crippen LogP contribution in [0.2, 0.25) is 0 Å². The summed E-state index contributed by atoms with van der Waals surface area (Å²) in [4.78, 5) is 28.3. The molecule has 0 spiro atoms. The highest BCUT2D eigenvalue weighted by Crippen LogP contribution is 2.67. The number of allylic oxidation sites excluding steroid dienone is 1. The molecule has 0 unspecified atom stereocenters. The van der Waals surface area contributed by atoms with Crippen LogP contribution in [0.5, 0.6) is 0 Å². The van der Waals surface area contributed by atoms with Gasteiger partial charge >= 0.3 is 5.97 Å². The van der Waals surface area contributed by atoms with E-state index >= 15 is 0 Å². The van der Waals surface area contributed by atoms with Gasteiger partial charge in [-0.25, -0.2) is 0 Å². The molecule has 4 rings (SSSR count). The highest BCUT2D eigenvalue weighted by molar-refractivity contribution is 5.85. The van der Waals surface area contributed by atoms with E-state index in [0.717, 1.165) is 106 Å². The van der Waals surface area contributed by atoms with Crippen molar-refractivity contribution in [2.45, 2.75) is 176 Å². The van der Waals surface area contributed by atoms with Crippen molar-refractivity contribution in [2.24, 2.45) is 57.8 Å². The molecular weight excluding hydrogens is 677 g/mol. The predicted molar refractivity (Wildman–Crippen MR) is 218 cm³/mol. The monoisotopic (exact) mass is 756 g/mol. The normalized spacial score (nSPS) is 30.2. The first-order valence-electron chi connectivity index (χ1n) is 21.1. The maximum atomic E-state index is 13.4. The van der Waals surface area contributed by atoms with E-state index in [9.17, 15) is 9.59 Å². The fraction of sp³-hybridized carbons (Fsp3) is 0.907. The molecule has 0 aromatic carbocycles. The van der Waals surface area contributed by atoms with Crippen molar-refractivity contribution >= 4 is 36.7 Å². The molecule has 8 atom stereocenters. The van der Waals surface area contributed by atoms with Crippen LogP contribution in [0.1, 0.15) is 169 Å². The zero-order valence-corrected chi connectivity index (χ0v) is 35.1. The zero-order chi connectivity index (χ0) is 35.4. The number of nitrogens with two attached hydrogens (primary N) is 2. The number of carbonyl (C=O) groups excluding carboxylic acids is 2. The van der Waals surface area contributed by atoms with Crippen LogP contribution >= 0.6 is 24.8 Å². The van der Waals surface area contributed by atoms with E-state index in [2.05, 4.69) is 40.7 Å². The number of carbonyl (C=O) groups is 2. The number of rotatable bonds is 21. The summed E-state index contributed by atoms with van der Waals surface area (Å²) in [6, 6.07) is 0. The van der Waals surface area contributed by atoms with E-state index in [0.29, 0.717) is 24.9 Å². The van der Waals surface area contributed by atoms with E-state index in [4.69, 9.17) is 16.2 Å². The number of unbranched alkanes of at least 4 members (excludes halogenated alkanes) is 7. The van der Waals surface area contributed by atoms with E-state index in [1.807, 2.05) is 0 Å². The van der Waals surface area contributed by atoms with Crippen LogP contribution in [0, 0.1) is 46.3 Å². The van der Waals surface area contributed by atoms with Crippen LogP contribution < -0.4 is 11.5 Å². The maximum Gasteiger partial charge on any atom is 0.325 e. The quantitative estimate of drug-likeness (QED) is 0.0690. The summed E-state index contributed by atoms with van der Waals surface area (Å²) in [7, 11) is 0. The molecule has 0 aliphatic heterocycles. The van der Waals surface area contributed by atoms with Crippen molar-refractivity contribution in [1.82, 2.24) is 4.90 Å². The number of hydrogen-bond donors (Lipinski definition) is 2. The number of ether oxygens (including phenoxy) is 1. The largest absolute Gasteiger partial charge is 0.461 e. The van der Waals surface area contributed by atoms with E-state index < -0.39 is 0 Å². The summed E-state index contributed by atoms with van der Waals surface area (Å²) >= 11 is 0. The zero-order valence-electron chi connectivity index (χ0n) is 33.4. The third-order valence-electron chi connectivity index (χ3n) is 14.2. The first-order valence-corrected chi connectivity index (χ1v) is 21.1. The Balaban J connectivity index is 0.00000451. The van der Waals surface area contributed by atoms with Crippen LogP contribution in [0.15, 0.2) is 11.6 Å². The predicted octanol–water partition coefficient (Wildman–Crippen LogP) is 10.4. The molecular formula is C43H79Cl2N3O3. The third kappa shape index (κ3) is 12.3. The second-order valence-electron chi connectivity index (χ2n) is 18.0. The summed E-state index contributed by atoms with van der Waals surface area (Å²) in [6.45, 7) is 14.7. The molecule has 0 aromatic rings. The van der Waals surface area contributed by atoms with Gasteiger partial charge < -0.3 is 21.1 Å². The van der Waals surface area contributed by atoms with Gasteiger partial charge in [-0.1, -0.05) is 97.6 Å². The summed E-state index contributed by atoms with van der Waals surface area (Å²) in [6.07, 6.45) is 26.2. The van der Waals surface area contributed by atoms with Gasteiger partial charge in [0.05, 0.1) is 0 Å². The Kier molecular flexibility index (Phi) is 20.5. The first-order chi connectivity index (χ1) is 23.5. The fourth-order valence-electron chi connectivity index (χ4n) is 11.3. The molecule has 0 radical (unpaired) electrons. The molecule has 1 amide bonds. The van der Waals surface area contributed by atoms with Gasteiger partial charge in [-0.2, -0.15) is 0 Å². The standard InChI is InChI=1S/C43H77N3O3.2ClH/c1-32(2)16-15-17-33(3)37-21-22-38-36-20-19-34-30-35(23-25-42(34,4)39(36)24-26-43(37,38)5)49-41(48)31-46(40(47)18-11-10-13-28-45)29-14-9-7-6-8-12-27-44;;/h19,32-33,35-39H,6-18,20-31,44-45H2,1-5H3;2*1H/t33-,35+,36+,37-,38+,39+,42+,43-;;/m1../s1. The number of halogens is 2. The molecule has 3 fully saturated rings. The molecule has 0 aromatic heterocycles. The van der Waals surface area contributed by atoms with Gasteiger partial charge in [0.2, 0.25) is 5.91 Å². The number of fused-ring (bicyclic) bond motifs is 5. The molecule has 4 aliphatic rings. The van der Waals surface area contributed by atoms with Crippen molar-refractivity contribution in [2.75, 3.05) is 26.2 Å². The van der Waals surface area contributed by atoms with Crippen LogP contribution in [-0.2, 0) is 14.3 Å². The second-order valence-corrected chi connectivity index (χ2v) is 18.0. The smallest absolute Gasteiger partial charge is 0.325 e. The average molecular weight is 757 g/mol. The van der Waals surface area contributed by atoms with Crippen molar-refractivity contribution in [1.29, 1.82) is 0 Å². The van der Waals surface area contributed by atoms with Gasteiger partial charge in [-0.05, 0) is 130 Å². The van der Waals surface area contributed by atoms with Crippen molar-refractivity contribution in [3.8, 4) is 0 Å². The Morgan fingerprint density at radius 1 is 0.824 bits per heavy atom. The van der Waals surface area contributed by atoms with Gasteiger partial charge in [0.1, 0.15) is 12.6 Å². The van der Waals surface area contributed by atoms with Crippen LogP contribution in [0.3, 0.4) is 0 Å². The van der Waals surface area contributed by atoms with Gasteiger partial charge in [-0.15, -0.1) is 24.8 Å². The Bertz CT molecular complexity index is 1070. The second kappa shape index (κ2) is 22.5. The molecule has 6 nitrogen and oxygen atoms in total. The lowest BCUT2D eigenvalue weighted by molar-refractivity contribution is -0.156. The lowest BCUT2D eigenvalue weighted by Gasteiger charge is -2.58. The topological polar surface area (TPSA) is 98.6 Å². The molecule has 298 valence electrons. The average Bonchev–Trinajstić information content (AvgIpc) is 3.43. The van der Waals surface area contributed by atoms with E-state index in [1.54, 1.807) is 10.5 Å². The van der Waals surface area contributed by atoms with Crippen molar-refractivity contribution in [3.63, 3.8) is 0 Å². The number of hydrogen-bond acceptors (Lipinski definition) is 5. The summed E-state index contributed by atoms with van der Waals surface area (Å²) in [5.41, 5.74) is 13.6. The molecule has 4 aliphatic carbocycles. The number of amides is 1. The van der Waals surface area contributed by atoms with Crippen LogP contribution in [-0.4, -0.2) is 49.1 Å². The van der Waals surface area contributed by atoms with Gasteiger partial charge in [0.25, 0.3) is 0 Å². The Hall–Kier alpha value is -0.820. The van der Waals surface area contributed by atoms with Gasteiger partial charge in [0, 0.05) is 19.4 Å². The molecule has 8 heteroatoms. The van der Waals surface area contributed by atoms with Crippen LogP contribution in [0.25, 0.3) is 0 Å². The fourth-order valence-corrected chi connectivity index (χ4v) is 11.3. The Morgan fingerprint density at radius 3 is 2.18 bits per heavy atom. The summed E-state index contributed by atoms with van der Waals surface area (Å²) in [5, 5.41) is 0. The van der Waals surface area contributed by atoms with Gasteiger partial charge in [-0.3, -0.25) is 9.59 Å². The minimum Gasteiger partial charge on any atom is -0.461 e. The number of esters is 1. The lowest BCUT2D eigenvalue weighted by Crippen LogP contribution is -2.51. The Labute approximate surface area is 326 Å². The number of nitrogens with zero attached hydrogens (tertiary/aromatic N) is 1. The molecule has 0 saturated heterocycles. The van der Waals surface area contributed by atoms with Gasteiger partial charge in [0.15, 0.2) is 0 Å². The maximum absolute atomic E-state index is 13.4. The van der Waals surface area contributed by atoms with Crippen molar-refractivity contribution < 1.29 is 14.3 Å². The SMILES string of the molecule is CC(C)CCC[C@@H](C)[C@H]1CC[C@H]2[C@@H]3CC=C4C[C@@H](OC(=O)CN(CCCCCCCCN)C(=O)CCCCCN)CC[C@]4(C)[C@H]3CC[C@]12C.Cl.Cl. The molecule has 3 saturated carbocycles. The minimum atomic E-state index is -0.228. The third-order valence-corrected chi connectivity index (χ3v) is 14.2. The molecule has 51 heavy (non-hydrogen) atoms. The van der Waals surface area contributed by atoms with E-state index in [1.165, 1.54) is 64.2 Å². The summed E-state index contributed by atoms with van der Waals surface area (Å²) in [5.74, 6) is 4.83. The van der Waals surface area contributed by atoms with Crippen molar-refractivity contribution in [3.05, 3.63) is 11.6 Å². The van der Waals surface area contributed by atoms with E-state index in [-0.39, 0.29) is 54.8 Å². The first kappa shape index (κ1) is 46.3. The Morgan fingerprint density at radius 2 is 1.49 bits per heavy atom. The lowest BCUT2D eigenvalue weighted by atomic mass is 9.47. The van der Waals surface area contributed by atoms with Crippen LogP contribution in [0.4, 0.5) is 0 Å². The molecule has 0 heterocycles. The molecule has 4 N–H and O–H groups in total. The minimum absolute atomic E-state index is 0. The molecule has 0 bridgehead atoms. The summed E-state index contributed by atoms with van der Waals surface area (Å²) < 4.78 is 6.19.